The Kier molecular flexibility index (Phi) is 2.96. The first kappa shape index (κ1) is 13.9. The molecule has 1 aromatic carbocycles. The van der Waals surface area contributed by atoms with Crippen LogP contribution in [0.5, 0.6) is 11.5 Å². The van der Waals surface area contributed by atoms with Crippen molar-refractivity contribution < 1.29 is 19.7 Å². The Morgan fingerprint density at radius 1 is 1.33 bits per heavy atom. The highest BCUT2D eigenvalue weighted by atomic mass is 16.4. The van der Waals surface area contributed by atoms with Gasteiger partial charge in [0, 0.05) is 23.4 Å². The topological polar surface area (TPSA) is 94.1 Å². The smallest absolute Gasteiger partial charge is 0.378 e. The van der Waals surface area contributed by atoms with E-state index in [2.05, 4.69) is 0 Å². The molecular formula is C15H17NO5. The number of likely N-dealkylation sites (tertiary alicyclic amines) is 1. The van der Waals surface area contributed by atoms with Crippen molar-refractivity contribution in [1.29, 1.82) is 0 Å². The minimum Gasteiger partial charge on any atom is -0.508 e. The van der Waals surface area contributed by atoms with Gasteiger partial charge in [0.15, 0.2) is 0 Å². The molecule has 0 radical (unpaired) electrons. The fourth-order valence-corrected chi connectivity index (χ4v) is 3.03. The maximum absolute atomic E-state index is 11.6. The second-order valence-corrected chi connectivity index (χ2v) is 5.69. The Morgan fingerprint density at radius 2 is 2.05 bits per heavy atom. The number of fused-ring (bicyclic) bond motifs is 1. The molecule has 0 spiro atoms. The Bertz CT molecular complexity index is 764. The molecule has 2 heterocycles. The number of hydrogen-bond acceptors (Lipinski definition) is 6. The summed E-state index contributed by atoms with van der Waals surface area (Å²) in [5.74, 6) is -0.898. The van der Waals surface area contributed by atoms with Gasteiger partial charge in [-0.1, -0.05) is 0 Å². The Balaban J connectivity index is 2.29. The van der Waals surface area contributed by atoms with Gasteiger partial charge in [0.2, 0.25) is 5.75 Å². The van der Waals surface area contributed by atoms with Crippen molar-refractivity contribution in [2.45, 2.75) is 25.0 Å². The van der Waals surface area contributed by atoms with Crippen molar-refractivity contribution in [2.24, 2.45) is 0 Å². The molecule has 21 heavy (non-hydrogen) atoms. The van der Waals surface area contributed by atoms with Crippen LogP contribution < -0.4 is 5.63 Å². The molecule has 3 N–H and O–H groups in total. The minimum absolute atomic E-state index is 0.0306. The molecule has 6 heteroatoms. The van der Waals surface area contributed by atoms with Crippen LogP contribution in [0.15, 0.2) is 27.4 Å². The number of hydrogen-bond donors (Lipinski definition) is 3. The summed E-state index contributed by atoms with van der Waals surface area (Å²) in [6.45, 7) is 2.33. The molecular weight excluding hydrogens is 274 g/mol. The number of benzene rings is 1. The van der Waals surface area contributed by atoms with Gasteiger partial charge in [-0.15, -0.1) is 0 Å². The zero-order chi connectivity index (χ0) is 15.4. The Hall–Kier alpha value is -2.05. The van der Waals surface area contributed by atoms with E-state index in [1.165, 1.54) is 12.1 Å². The lowest BCUT2D eigenvalue weighted by atomic mass is 9.88. The molecule has 0 saturated carbocycles. The summed E-state index contributed by atoms with van der Waals surface area (Å²) in [5, 5.41) is 30.8. The average molecular weight is 291 g/mol. The number of rotatable bonds is 1. The van der Waals surface area contributed by atoms with Crippen molar-refractivity contribution >= 4 is 11.0 Å². The van der Waals surface area contributed by atoms with E-state index in [1.807, 2.05) is 0 Å². The van der Waals surface area contributed by atoms with E-state index < -0.39 is 17.1 Å². The molecule has 0 bridgehead atoms. The fraction of sp³-hybridized carbons (Fsp3) is 0.400. The molecule has 0 aliphatic carbocycles. The molecule has 112 valence electrons. The lowest BCUT2D eigenvalue weighted by Crippen LogP contribution is -2.41. The monoisotopic (exact) mass is 291 g/mol. The van der Waals surface area contributed by atoms with Crippen LogP contribution in [-0.2, 0) is 0 Å². The lowest BCUT2D eigenvalue weighted by molar-refractivity contribution is -0.0627. The zero-order valence-corrected chi connectivity index (χ0v) is 11.8. The van der Waals surface area contributed by atoms with Crippen molar-refractivity contribution in [3.8, 4) is 11.5 Å². The van der Waals surface area contributed by atoms with E-state index in [4.69, 9.17) is 4.42 Å². The van der Waals surface area contributed by atoms with Crippen LogP contribution in [-0.4, -0.2) is 39.5 Å². The number of phenols is 1. The number of nitrogens with zero attached hydrogens (tertiary/aromatic N) is 1. The van der Waals surface area contributed by atoms with Gasteiger partial charge in [-0.3, -0.25) is 4.90 Å². The predicted molar refractivity (Wildman–Crippen MR) is 76.4 cm³/mol. The third kappa shape index (κ3) is 1.99. The lowest BCUT2D eigenvalue weighted by Gasteiger charge is -2.32. The van der Waals surface area contributed by atoms with Crippen molar-refractivity contribution in [2.75, 3.05) is 13.6 Å². The predicted octanol–water partition coefficient (Wildman–Crippen LogP) is 1.33. The van der Waals surface area contributed by atoms with E-state index >= 15 is 0 Å². The van der Waals surface area contributed by atoms with E-state index in [1.54, 1.807) is 24.9 Å². The Morgan fingerprint density at radius 3 is 2.67 bits per heavy atom. The second-order valence-electron chi connectivity index (χ2n) is 5.69. The van der Waals surface area contributed by atoms with Gasteiger partial charge in [0.1, 0.15) is 17.1 Å². The van der Waals surface area contributed by atoms with Crippen LogP contribution >= 0.6 is 0 Å². The van der Waals surface area contributed by atoms with E-state index in [0.29, 0.717) is 23.9 Å². The zero-order valence-electron chi connectivity index (χ0n) is 11.8. The third-order valence-corrected chi connectivity index (χ3v) is 4.43. The maximum atomic E-state index is 11.6. The van der Waals surface area contributed by atoms with Crippen LogP contribution in [0.25, 0.3) is 11.0 Å². The van der Waals surface area contributed by atoms with Gasteiger partial charge in [-0.2, -0.15) is 0 Å². The van der Waals surface area contributed by atoms with Crippen molar-refractivity contribution in [1.82, 2.24) is 4.90 Å². The molecule has 1 saturated heterocycles. The van der Waals surface area contributed by atoms with Gasteiger partial charge in [0.25, 0.3) is 0 Å². The van der Waals surface area contributed by atoms with Crippen LogP contribution in [0.1, 0.15) is 24.8 Å². The molecule has 1 aliphatic rings. The van der Waals surface area contributed by atoms with Gasteiger partial charge >= 0.3 is 5.63 Å². The highest BCUT2D eigenvalue weighted by Crippen LogP contribution is 2.45. The van der Waals surface area contributed by atoms with Crippen molar-refractivity contribution in [3.63, 3.8) is 0 Å². The highest BCUT2D eigenvalue weighted by Gasteiger charge is 2.44. The number of phenolic OH excluding ortho intramolecular Hbond substituents is 1. The normalized spacial score (nSPS) is 26.5. The Labute approximate surface area is 120 Å². The standard InChI is InChI=1S/C15H17NO5/c1-15(20)9(5-6-16(15)2)12-10(17)4-3-8-7-11(18)14(19)21-13(8)12/h3-4,7,9,17-18,20H,5-6H2,1-2H3. The summed E-state index contributed by atoms with van der Waals surface area (Å²) in [6.07, 6.45) is 0.626. The van der Waals surface area contributed by atoms with Gasteiger partial charge in [0.05, 0.1) is 0 Å². The molecule has 2 unspecified atom stereocenters. The van der Waals surface area contributed by atoms with Crippen LogP contribution in [0.3, 0.4) is 0 Å². The fourth-order valence-electron chi connectivity index (χ4n) is 3.03. The molecule has 6 nitrogen and oxygen atoms in total. The summed E-state index contributed by atoms with van der Waals surface area (Å²) in [4.78, 5) is 13.4. The first-order valence-electron chi connectivity index (χ1n) is 6.74. The molecule has 3 rings (SSSR count). The first-order valence-corrected chi connectivity index (χ1v) is 6.74. The second kappa shape index (κ2) is 4.47. The largest absolute Gasteiger partial charge is 0.508 e. The van der Waals surface area contributed by atoms with E-state index in [-0.39, 0.29) is 17.3 Å². The average Bonchev–Trinajstić information content (AvgIpc) is 2.67. The van der Waals surface area contributed by atoms with E-state index in [0.717, 1.165) is 0 Å². The van der Waals surface area contributed by atoms with Crippen molar-refractivity contribution in [3.05, 3.63) is 34.2 Å². The molecule has 2 aromatic rings. The highest BCUT2D eigenvalue weighted by molar-refractivity contribution is 5.83. The molecule has 1 fully saturated rings. The minimum atomic E-state index is -1.15. The maximum Gasteiger partial charge on any atom is 0.378 e. The van der Waals surface area contributed by atoms with Crippen LogP contribution in [0.4, 0.5) is 0 Å². The van der Waals surface area contributed by atoms with E-state index in [9.17, 15) is 20.1 Å². The molecule has 2 atom stereocenters. The van der Waals surface area contributed by atoms with Gasteiger partial charge in [-0.25, -0.2) is 4.79 Å². The van der Waals surface area contributed by atoms with Gasteiger partial charge in [-0.05, 0) is 38.6 Å². The summed E-state index contributed by atoms with van der Waals surface area (Å²) in [5.41, 5.74) is -1.40. The molecule has 1 aliphatic heterocycles. The third-order valence-electron chi connectivity index (χ3n) is 4.43. The number of aromatic hydroxyl groups is 2. The molecule has 0 amide bonds. The summed E-state index contributed by atoms with van der Waals surface area (Å²) < 4.78 is 5.15. The van der Waals surface area contributed by atoms with Crippen LogP contribution in [0, 0.1) is 0 Å². The molecule has 1 aromatic heterocycles. The number of aliphatic hydroxyl groups is 1. The SMILES string of the molecule is CN1CCC(c2c(O)ccc3cc(O)c(=O)oc23)C1(C)O. The summed E-state index contributed by atoms with van der Waals surface area (Å²) >= 11 is 0. The quantitative estimate of drug-likeness (QED) is 0.686. The van der Waals surface area contributed by atoms with Gasteiger partial charge < -0.3 is 19.7 Å². The first-order chi connectivity index (χ1) is 9.82. The van der Waals surface area contributed by atoms with Crippen LogP contribution in [0.2, 0.25) is 0 Å². The summed E-state index contributed by atoms with van der Waals surface area (Å²) in [7, 11) is 1.80. The number of likely N-dealkylation sites (N-methyl/N-ethyl adjacent to an activating group) is 1. The summed E-state index contributed by atoms with van der Waals surface area (Å²) in [6, 6.07) is 4.34.